The fourth-order valence-electron chi connectivity index (χ4n) is 2.88. The summed E-state index contributed by atoms with van der Waals surface area (Å²) in [7, 11) is 2.24. The molecule has 0 aromatic rings. The Bertz CT molecular complexity index is 226. The third kappa shape index (κ3) is 4.23. The minimum atomic E-state index is 0.469. The minimum absolute atomic E-state index is 0.469. The van der Waals surface area contributed by atoms with Gasteiger partial charge in [0, 0.05) is 25.8 Å². The zero-order chi connectivity index (χ0) is 12.1. The molecule has 0 radical (unpaired) electrons. The molecular formula is C14H28N2O. The Kier molecular flexibility index (Phi) is 4.83. The normalized spacial score (nSPS) is 31.1. The van der Waals surface area contributed by atoms with Gasteiger partial charge in [-0.05, 0) is 57.7 Å². The van der Waals surface area contributed by atoms with Crippen molar-refractivity contribution in [2.24, 2.45) is 5.41 Å². The Morgan fingerprint density at radius 2 is 2.00 bits per heavy atom. The van der Waals surface area contributed by atoms with Gasteiger partial charge in [-0.2, -0.15) is 0 Å². The molecule has 1 atom stereocenters. The van der Waals surface area contributed by atoms with Crippen molar-refractivity contribution >= 4 is 0 Å². The van der Waals surface area contributed by atoms with Gasteiger partial charge in [0.25, 0.3) is 0 Å². The molecule has 0 spiro atoms. The van der Waals surface area contributed by atoms with Gasteiger partial charge in [-0.1, -0.05) is 6.92 Å². The minimum Gasteiger partial charge on any atom is -0.381 e. The molecule has 17 heavy (non-hydrogen) atoms. The monoisotopic (exact) mass is 240 g/mol. The molecule has 3 heteroatoms. The maximum Gasteiger partial charge on any atom is 0.0471 e. The Balaban J connectivity index is 1.73. The lowest BCUT2D eigenvalue weighted by molar-refractivity contribution is 0.0227. The highest BCUT2D eigenvalue weighted by Crippen LogP contribution is 2.29. The van der Waals surface area contributed by atoms with E-state index in [9.17, 15) is 0 Å². The van der Waals surface area contributed by atoms with Gasteiger partial charge in [-0.25, -0.2) is 0 Å². The predicted octanol–water partition coefficient (Wildman–Crippen LogP) is 1.88. The number of likely N-dealkylation sites (tertiary alicyclic amines) is 1. The van der Waals surface area contributed by atoms with Gasteiger partial charge in [0.15, 0.2) is 0 Å². The summed E-state index contributed by atoms with van der Waals surface area (Å²) in [5, 5.41) is 3.81. The van der Waals surface area contributed by atoms with Gasteiger partial charge in [0.2, 0.25) is 0 Å². The topological polar surface area (TPSA) is 24.5 Å². The van der Waals surface area contributed by atoms with Crippen molar-refractivity contribution in [3.8, 4) is 0 Å². The van der Waals surface area contributed by atoms with Crippen LogP contribution in [0.25, 0.3) is 0 Å². The molecule has 2 aliphatic rings. The summed E-state index contributed by atoms with van der Waals surface area (Å²) in [5.74, 6) is 0. The molecule has 0 amide bonds. The highest BCUT2D eigenvalue weighted by atomic mass is 16.5. The molecular weight excluding hydrogens is 212 g/mol. The van der Waals surface area contributed by atoms with Crippen molar-refractivity contribution in [3.05, 3.63) is 0 Å². The van der Waals surface area contributed by atoms with Crippen molar-refractivity contribution in [3.63, 3.8) is 0 Å². The molecule has 0 aromatic heterocycles. The van der Waals surface area contributed by atoms with Gasteiger partial charge in [-0.15, -0.1) is 0 Å². The summed E-state index contributed by atoms with van der Waals surface area (Å²) in [6.07, 6.45) is 6.42. The van der Waals surface area contributed by atoms with Crippen LogP contribution in [0.2, 0.25) is 0 Å². The first kappa shape index (κ1) is 13.3. The first-order valence-corrected chi connectivity index (χ1v) is 7.18. The molecule has 0 aromatic carbocycles. The molecule has 2 rings (SSSR count). The lowest BCUT2D eigenvalue weighted by atomic mass is 9.82. The van der Waals surface area contributed by atoms with Crippen molar-refractivity contribution in [1.82, 2.24) is 10.2 Å². The van der Waals surface area contributed by atoms with Crippen LogP contribution in [0, 0.1) is 5.41 Å². The first-order valence-electron chi connectivity index (χ1n) is 7.18. The SMILES string of the molecule is CN1CCCC(NCC2(C)CCOCC2)CC1. The average molecular weight is 240 g/mol. The average Bonchev–Trinajstić information content (AvgIpc) is 2.53. The maximum atomic E-state index is 5.46. The Labute approximate surface area is 106 Å². The maximum absolute atomic E-state index is 5.46. The van der Waals surface area contributed by atoms with Crippen molar-refractivity contribution < 1.29 is 4.74 Å². The smallest absolute Gasteiger partial charge is 0.0471 e. The van der Waals surface area contributed by atoms with Crippen molar-refractivity contribution in [2.75, 3.05) is 39.9 Å². The molecule has 2 fully saturated rings. The van der Waals surface area contributed by atoms with Crippen molar-refractivity contribution in [2.45, 2.75) is 45.1 Å². The zero-order valence-electron chi connectivity index (χ0n) is 11.5. The molecule has 100 valence electrons. The van der Waals surface area contributed by atoms with Crippen LogP contribution in [0.3, 0.4) is 0 Å². The van der Waals surface area contributed by atoms with Gasteiger partial charge >= 0.3 is 0 Å². The van der Waals surface area contributed by atoms with E-state index in [1.54, 1.807) is 0 Å². The number of rotatable bonds is 3. The van der Waals surface area contributed by atoms with Gasteiger partial charge in [0.05, 0.1) is 0 Å². The third-order valence-corrected chi connectivity index (χ3v) is 4.47. The number of hydrogen-bond donors (Lipinski definition) is 1. The predicted molar refractivity (Wildman–Crippen MR) is 71.3 cm³/mol. The van der Waals surface area contributed by atoms with Crippen LogP contribution in [-0.2, 0) is 4.74 Å². The molecule has 0 bridgehead atoms. The van der Waals surface area contributed by atoms with Gasteiger partial charge in [-0.3, -0.25) is 0 Å². The largest absolute Gasteiger partial charge is 0.381 e. The van der Waals surface area contributed by atoms with E-state index in [-0.39, 0.29) is 0 Å². The quantitative estimate of drug-likeness (QED) is 0.815. The number of ether oxygens (including phenoxy) is 1. The van der Waals surface area contributed by atoms with Crippen LogP contribution in [0.1, 0.15) is 39.0 Å². The van der Waals surface area contributed by atoms with E-state index in [4.69, 9.17) is 4.74 Å². The lowest BCUT2D eigenvalue weighted by Crippen LogP contribution is -2.41. The molecule has 0 aliphatic carbocycles. The fourth-order valence-corrected chi connectivity index (χ4v) is 2.88. The Morgan fingerprint density at radius 1 is 1.24 bits per heavy atom. The second kappa shape index (κ2) is 6.17. The van der Waals surface area contributed by atoms with E-state index in [1.165, 1.54) is 51.7 Å². The van der Waals surface area contributed by atoms with E-state index in [0.717, 1.165) is 19.3 Å². The summed E-state index contributed by atoms with van der Waals surface area (Å²) >= 11 is 0. The highest BCUT2D eigenvalue weighted by Gasteiger charge is 2.28. The molecule has 2 saturated heterocycles. The summed E-state index contributed by atoms with van der Waals surface area (Å²) in [6, 6.07) is 0.736. The molecule has 0 saturated carbocycles. The van der Waals surface area contributed by atoms with E-state index >= 15 is 0 Å². The van der Waals surface area contributed by atoms with Gasteiger partial charge in [0.1, 0.15) is 0 Å². The second-order valence-electron chi connectivity index (χ2n) is 6.24. The highest BCUT2D eigenvalue weighted by molar-refractivity contribution is 4.82. The van der Waals surface area contributed by atoms with Crippen LogP contribution < -0.4 is 5.32 Å². The van der Waals surface area contributed by atoms with Crippen LogP contribution >= 0.6 is 0 Å². The summed E-state index contributed by atoms with van der Waals surface area (Å²) in [6.45, 7) is 7.99. The number of hydrogen-bond acceptors (Lipinski definition) is 3. The molecule has 2 heterocycles. The first-order chi connectivity index (χ1) is 8.18. The zero-order valence-corrected chi connectivity index (χ0v) is 11.5. The molecule has 2 aliphatic heterocycles. The van der Waals surface area contributed by atoms with Crippen LogP contribution in [0.5, 0.6) is 0 Å². The van der Waals surface area contributed by atoms with E-state index < -0.39 is 0 Å². The Morgan fingerprint density at radius 3 is 2.76 bits per heavy atom. The number of nitrogens with zero attached hydrogens (tertiary/aromatic N) is 1. The van der Waals surface area contributed by atoms with Crippen LogP contribution in [-0.4, -0.2) is 50.8 Å². The van der Waals surface area contributed by atoms with Gasteiger partial charge < -0.3 is 15.0 Å². The summed E-state index contributed by atoms with van der Waals surface area (Å²) in [4.78, 5) is 2.46. The molecule has 1 unspecified atom stereocenters. The third-order valence-electron chi connectivity index (χ3n) is 4.47. The van der Waals surface area contributed by atoms with Crippen LogP contribution in [0.4, 0.5) is 0 Å². The van der Waals surface area contributed by atoms with E-state index in [2.05, 4.69) is 24.2 Å². The fraction of sp³-hybridized carbons (Fsp3) is 1.00. The molecule has 3 nitrogen and oxygen atoms in total. The standard InChI is InChI=1S/C14H28N2O/c1-14(6-10-17-11-7-14)12-15-13-4-3-8-16(2)9-5-13/h13,15H,3-12H2,1-2H3. The van der Waals surface area contributed by atoms with Crippen molar-refractivity contribution in [1.29, 1.82) is 0 Å². The number of nitrogens with one attached hydrogen (secondary N) is 1. The van der Waals surface area contributed by atoms with Crippen LogP contribution in [0.15, 0.2) is 0 Å². The lowest BCUT2D eigenvalue weighted by Gasteiger charge is -2.35. The molecule has 1 N–H and O–H groups in total. The van der Waals surface area contributed by atoms with E-state index in [0.29, 0.717) is 5.41 Å². The Hall–Kier alpha value is -0.120. The second-order valence-corrected chi connectivity index (χ2v) is 6.24. The summed E-state index contributed by atoms with van der Waals surface area (Å²) in [5.41, 5.74) is 0.469. The summed E-state index contributed by atoms with van der Waals surface area (Å²) < 4.78 is 5.46. The van der Waals surface area contributed by atoms with E-state index in [1.807, 2.05) is 0 Å².